The molecule has 2 aromatic heterocycles. The molecule has 8 rings (SSSR count). The van der Waals surface area contributed by atoms with E-state index in [1.165, 1.54) is 5.01 Å². The number of amides is 3. The number of hydrogen-bond donors (Lipinski definition) is 3. The average Bonchev–Trinajstić information content (AvgIpc) is 3.78. The number of aromatic nitrogens is 3. The second-order valence-corrected chi connectivity index (χ2v) is 17.7. The van der Waals surface area contributed by atoms with Crippen LogP contribution in [0, 0.1) is 11.3 Å². The number of nitrogens with zero attached hydrogens (tertiary/aromatic N) is 4. The summed E-state index contributed by atoms with van der Waals surface area (Å²) in [6, 6.07) is 37.2. The zero-order chi connectivity index (χ0) is 45.0. The Balaban J connectivity index is 1.17. The predicted molar refractivity (Wildman–Crippen MR) is 246 cm³/mol. The lowest BCUT2D eigenvalue weighted by Crippen LogP contribution is -2.62. The molecule has 12 nitrogen and oxygen atoms in total. The quantitative estimate of drug-likeness (QED) is 0.112. The molecule has 2 aliphatic heterocycles. The molecule has 328 valence electrons. The molecule has 4 atom stereocenters. The minimum atomic E-state index is -1.14. The van der Waals surface area contributed by atoms with Gasteiger partial charge >= 0.3 is 5.97 Å². The molecule has 4 heterocycles. The molecule has 1 unspecified atom stereocenters. The van der Waals surface area contributed by atoms with Gasteiger partial charge in [0.15, 0.2) is 0 Å². The maximum Gasteiger partial charge on any atom is 0.325 e. The van der Waals surface area contributed by atoms with Gasteiger partial charge in [-0.25, -0.2) is 15.4 Å². The van der Waals surface area contributed by atoms with Crippen molar-refractivity contribution in [1.29, 1.82) is 0 Å². The van der Waals surface area contributed by atoms with Crippen molar-refractivity contribution in [2.45, 2.75) is 83.6 Å². The minimum Gasteiger partial charge on any atom is -0.455 e. The lowest BCUT2D eigenvalue weighted by atomic mass is 9.77. The Hall–Kier alpha value is -6.92. The normalized spacial score (nSPS) is 21.6. The Morgan fingerprint density at radius 1 is 0.828 bits per heavy atom. The van der Waals surface area contributed by atoms with E-state index in [0.29, 0.717) is 29.7 Å². The van der Waals surface area contributed by atoms with Crippen molar-refractivity contribution in [3.05, 3.63) is 174 Å². The minimum absolute atomic E-state index is 0.00989. The SMILES string of the molecule is CC(C)[C@@H]1NC(=O)C(C)(C)/C=C/c2ccc3ccc(nc3c2)[C@@H](C)OC(=O)C2CCCN(N2)C(=O)[C@H](Cc2cn(C(c3ccccc3)(c3ccccc3)c3ccccc3)cn2)NC1=O. The first-order valence-corrected chi connectivity index (χ1v) is 22.0. The van der Waals surface area contributed by atoms with Crippen molar-refractivity contribution >= 4 is 40.7 Å². The zero-order valence-electron chi connectivity index (χ0n) is 36.9. The zero-order valence-corrected chi connectivity index (χ0v) is 36.9. The maximum absolute atomic E-state index is 14.8. The van der Waals surface area contributed by atoms with E-state index in [4.69, 9.17) is 14.7 Å². The Kier molecular flexibility index (Phi) is 12.6. The van der Waals surface area contributed by atoms with Crippen molar-refractivity contribution in [3.63, 3.8) is 0 Å². The Morgan fingerprint density at radius 2 is 1.45 bits per heavy atom. The number of carbonyl (C=O) groups is 4. The van der Waals surface area contributed by atoms with E-state index in [1.807, 2.05) is 111 Å². The lowest BCUT2D eigenvalue weighted by Gasteiger charge is -2.37. The molecule has 2 aliphatic rings. The summed E-state index contributed by atoms with van der Waals surface area (Å²) in [6.07, 6.45) is 7.65. The second-order valence-electron chi connectivity index (χ2n) is 17.7. The predicted octanol–water partition coefficient (Wildman–Crippen LogP) is 7.29. The number of hydrogen-bond acceptors (Lipinski definition) is 8. The van der Waals surface area contributed by atoms with Crippen LogP contribution in [0.4, 0.5) is 0 Å². The number of pyridine rings is 1. The highest BCUT2D eigenvalue weighted by atomic mass is 16.5. The van der Waals surface area contributed by atoms with Gasteiger partial charge in [-0.2, -0.15) is 0 Å². The number of imidazole rings is 1. The van der Waals surface area contributed by atoms with Crippen LogP contribution < -0.4 is 16.1 Å². The van der Waals surface area contributed by atoms with E-state index >= 15 is 0 Å². The van der Waals surface area contributed by atoms with Gasteiger partial charge in [0, 0.05) is 24.5 Å². The van der Waals surface area contributed by atoms with Crippen molar-refractivity contribution in [3.8, 4) is 0 Å². The van der Waals surface area contributed by atoms with E-state index in [0.717, 1.165) is 27.6 Å². The summed E-state index contributed by atoms with van der Waals surface area (Å²) in [5.41, 5.74) is 6.92. The first kappa shape index (κ1) is 43.7. The third-order valence-corrected chi connectivity index (χ3v) is 12.3. The van der Waals surface area contributed by atoms with Crippen molar-refractivity contribution in [2.24, 2.45) is 11.3 Å². The number of cyclic esters (lactones) is 1. The molecule has 3 N–H and O–H groups in total. The number of nitrogens with one attached hydrogen (secondary N) is 3. The molecule has 1 saturated heterocycles. The smallest absolute Gasteiger partial charge is 0.325 e. The van der Waals surface area contributed by atoms with Crippen LogP contribution in [0.2, 0.25) is 0 Å². The Labute approximate surface area is 374 Å². The summed E-state index contributed by atoms with van der Waals surface area (Å²) in [7, 11) is 0. The van der Waals surface area contributed by atoms with Crippen molar-refractivity contribution in [1.82, 2.24) is 35.6 Å². The number of esters is 1. The fraction of sp³-hybridized carbons (Fsp3) is 0.308. The van der Waals surface area contributed by atoms with Crippen LogP contribution in [0.1, 0.15) is 87.2 Å². The second kappa shape index (κ2) is 18.4. The summed E-state index contributed by atoms with van der Waals surface area (Å²) in [4.78, 5) is 66.8. The summed E-state index contributed by atoms with van der Waals surface area (Å²) in [5, 5.41) is 8.33. The molecule has 6 aromatic rings. The molecule has 0 spiro atoms. The van der Waals surface area contributed by atoms with E-state index in [9.17, 15) is 19.2 Å². The molecule has 5 bridgehead atoms. The largest absolute Gasteiger partial charge is 0.455 e. The molecule has 0 radical (unpaired) electrons. The van der Waals surface area contributed by atoms with Gasteiger partial charge in [-0.05, 0) is 73.9 Å². The molecule has 1 fully saturated rings. The molecule has 4 aromatic carbocycles. The van der Waals surface area contributed by atoms with Crippen LogP contribution in [0.15, 0.2) is 140 Å². The fourth-order valence-corrected chi connectivity index (χ4v) is 8.65. The topological polar surface area (TPSA) is 148 Å². The first-order valence-electron chi connectivity index (χ1n) is 22.0. The summed E-state index contributed by atoms with van der Waals surface area (Å²) in [6.45, 7) is 9.34. The number of rotatable bonds is 7. The van der Waals surface area contributed by atoms with Gasteiger partial charge in [-0.3, -0.25) is 24.2 Å². The van der Waals surface area contributed by atoms with Gasteiger partial charge in [0.1, 0.15) is 29.8 Å². The first-order chi connectivity index (χ1) is 30.8. The van der Waals surface area contributed by atoms with Gasteiger partial charge in [0.05, 0.1) is 28.6 Å². The monoisotopic (exact) mass is 857 g/mol. The molecular weight excluding hydrogens is 803 g/mol. The van der Waals surface area contributed by atoms with Crippen LogP contribution in [0.5, 0.6) is 0 Å². The standard InChI is InChI=1S/C52H55N7O5/c1-34(2)46-47(60)55-45(31-41-32-58(33-53-41)52(38-16-9-6-10-17-38,39-18-11-7-12-19-39)40-20-13-8-14-21-40)48(61)59-29-15-22-43(57-59)49(62)64-35(3)42-26-25-37-24-23-36(30-44(37)54-42)27-28-51(4,5)50(63)56-46/h6-14,16-21,23-28,30,32-35,43,45-46,57H,15,22,29,31H2,1-5H3,(H,55,60)(H,56,63)/b28-27+/t35-,43?,45+,46+/m1/s1. The highest BCUT2D eigenvalue weighted by Crippen LogP contribution is 2.41. The highest BCUT2D eigenvalue weighted by Gasteiger charge is 2.40. The number of fused-ring (bicyclic) bond motifs is 4. The Bertz CT molecular complexity index is 2570. The van der Waals surface area contributed by atoms with Gasteiger partial charge in [-0.1, -0.05) is 135 Å². The van der Waals surface area contributed by atoms with Crippen LogP contribution in [-0.2, 0) is 35.9 Å². The Morgan fingerprint density at radius 3 is 2.08 bits per heavy atom. The maximum atomic E-state index is 14.8. The summed E-state index contributed by atoms with van der Waals surface area (Å²) in [5.74, 6) is -2.17. The van der Waals surface area contributed by atoms with Gasteiger partial charge in [0.25, 0.3) is 5.91 Å². The molecule has 64 heavy (non-hydrogen) atoms. The summed E-state index contributed by atoms with van der Waals surface area (Å²) < 4.78 is 8.03. The highest BCUT2D eigenvalue weighted by molar-refractivity contribution is 5.94. The number of hydrazine groups is 1. The molecule has 12 heteroatoms. The molecular formula is C52H55N7O5. The van der Waals surface area contributed by atoms with E-state index in [-0.39, 0.29) is 24.8 Å². The summed E-state index contributed by atoms with van der Waals surface area (Å²) >= 11 is 0. The van der Waals surface area contributed by atoms with E-state index in [2.05, 4.69) is 57.0 Å². The molecule has 0 aliphatic carbocycles. The van der Waals surface area contributed by atoms with Crippen LogP contribution in [0.3, 0.4) is 0 Å². The molecule has 3 amide bonds. The number of carbonyl (C=O) groups excluding carboxylic acids is 4. The van der Waals surface area contributed by atoms with Crippen LogP contribution >= 0.6 is 0 Å². The van der Waals surface area contributed by atoms with Gasteiger partial charge < -0.3 is 19.9 Å². The van der Waals surface area contributed by atoms with Gasteiger partial charge in [0.2, 0.25) is 11.8 Å². The number of ether oxygens (including phenoxy) is 1. The third kappa shape index (κ3) is 8.96. The average molecular weight is 858 g/mol. The van der Waals surface area contributed by atoms with Crippen LogP contribution in [0.25, 0.3) is 17.0 Å². The fourth-order valence-electron chi connectivity index (χ4n) is 8.65. The van der Waals surface area contributed by atoms with Crippen molar-refractivity contribution in [2.75, 3.05) is 6.54 Å². The number of benzene rings is 4. The van der Waals surface area contributed by atoms with E-state index < -0.39 is 53.0 Å². The molecule has 0 saturated carbocycles. The van der Waals surface area contributed by atoms with E-state index in [1.54, 1.807) is 33.2 Å². The van der Waals surface area contributed by atoms with Crippen molar-refractivity contribution < 1.29 is 23.9 Å². The van der Waals surface area contributed by atoms with Crippen LogP contribution in [-0.4, -0.2) is 67.9 Å². The third-order valence-electron chi connectivity index (χ3n) is 12.3. The van der Waals surface area contributed by atoms with Gasteiger partial charge in [-0.15, -0.1) is 0 Å². The lowest BCUT2D eigenvalue weighted by molar-refractivity contribution is -0.157.